The zero-order valence-electron chi connectivity index (χ0n) is 34.0. The van der Waals surface area contributed by atoms with E-state index in [9.17, 15) is 0 Å². The number of benzene rings is 9. The third kappa shape index (κ3) is 6.82. The Balaban J connectivity index is 0.988. The maximum atomic E-state index is 4.96. The number of fused-ring (bicyclic) bond motifs is 3. The minimum absolute atomic E-state index is 0.975. The molecule has 0 saturated carbocycles. The van der Waals surface area contributed by atoms with Crippen LogP contribution in [-0.4, -0.2) is 9.55 Å². The van der Waals surface area contributed by atoms with Crippen LogP contribution in [0.25, 0.3) is 83.3 Å². The molecule has 292 valence electrons. The summed E-state index contributed by atoms with van der Waals surface area (Å²) in [6, 6.07) is 86.7. The van der Waals surface area contributed by atoms with Gasteiger partial charge in [-0.25, -0.2) is 0 Å². The normalized spacial score (nSPS) is 11.2. The van der Waals surface area contributed by atoms with Crippen molar-refractivity contribution in [1.82, 2.24) is 9.55 Å². The first-order chi connectivity index (χ1) is 30.8. The molecule has 2 aromatic heterocycles. The standard InChI is InChI=1S/C59H41N3/c1-5-15-42(16-6-1)44-25-33-50(34-26-44)61(51-35-27-45(28-36-51)43-17-7-2-8-18-43)52-37-29-46(30-38-52)47-31-39-53(40-32-47)62-58(49-21-11-4-12-22-49)57(48-19-9-3-10-20-48)55-41-60-56-24-14-13-23-54(56)59(55)62/h1-41H. The second-order valence-corrected chi connectivity index (χ2v) is 15.6. The van der Waals surface area contributed by atoms with Gasteiger partial charge in [0.1, 0.15) is 0 Å². The predicted octanol–water partition coefficient (Wildman–Crippen LogP) is 16.0. The van der Waals surface area contributed by atoms with Gasteiger partial charge < -0.3 is 9.47 Å². The van der Waals surface area contributed by atoms with Crippen molar-refractivity contribution in [3.63, 3.8) is 0 Å². The molecule has 0 unspecified atom stereocenters. The molecular weight excluding hydrogens is 751 g/mol. The number of pyridine rings is 1. The maximum Gasteiger partial charge on any atom is 0.0723 e. The molecule has 0 aliphatic rings. The molecule has 0 aliphatic heterocycles. The van der Waals surface area contributed by atoms with Gasteiger partial charge in [-0.05, 0) is 99.1 Å². The molecule has 11 aromatic rings. The molecule has 0 N–H and O–H groups in total. The Morgan fingerprint density at radius 1 is 0.306 bits per heavy atom. The zero-order valence-corrected chi connectivity index (χ0v) is 34.0. The first-order valence-electron chi connectivity index (χ1n) is 21.1. The van der Waals surface area contributed by atoms with E-state index in [-0.39, 0.29) is 0 Å². The van der Waals surface area contributed by atoms with E-state index >= 15 is 0 Å². The number of anilines is 3. The summed E-state index contributed by atoms with van der Waals surface area (Å²) in [4.78, 5) is 7.30. The fourth-order valence-corrected chi connectivity index (χ4v) is 8.85. The summed E-state index contributed by atoms with van der Waals surface area (Å²) in [5, 5.41) is 2.25. The summed E-state index contributed by atoms with van der Waals surface area (Å²) in [7, 11) is 0. The summed E-state index contributed by atoms with van der Waals surface area (Å²) < 4.78 is 2.44. The first-order valence-corrected chi connectivity index (χ1v) is 21.1. The third-order valence-corrected chi connectivity index (χ3v) is 11.9. The molecule has 9 aromatic carbocycles. The molecular formula is C59H41N3. The quantitative estimate of drug-likeness (QED) is 0.145. The molecule has 0 amide bonds. The van der Waals surface area contributed by atoms with Crippen molar-refractivity contribution in [1.29, 1.82) is 0 Å². The van der Waals surface area contributed by atoms with Gasteiger partial charge >= 0.3 is 0 Å². The highest BCUT2D eigenvalue weighted by atomic mass is 15.1. The number of hydrogen-bond acceptors (Lipinski definition) is 2. The van der Waals surface area contributed by atoms with Gasteiger partial charge in [-0.2, -0.15) is 0 Å². The van der Waals surface area contributed by atoms with Gasteiger partial charge in [0.15, 0.2) is 0 Å². The van der Waals surface area contributed by atoms with Crippen LogP contribution < -0.4 is 4.90 Å². The van der Waals surface area contributed by atoms with Crippen LogP contribution >= 0.6 is 0 Å². The fraction of sp³-hybridized carbons (Fsp3) is 0. The lowest BCUT2D eigenvalue weighted by molar-refractivity contribution is 1.14. The number of hydrogen-bond donors (Lipinski definition) is 0. The van der Waals surface area contributed by atoms with Crippen LogP contribution in [0, 0.1) is 0 Å². The van der Waals surface area contributed by atoms with Crippen LogP contribution in [-0.2, 0) is 0 Å². The van der Waals surface area contributed by atoms with E-state index in [1.165, 1.54) is 27.8 Å². The van der Waals surface area contributed by atoms with E-state index in [1.807, 2.05) is 0 Å². The molecule has 0 spiro atoms. The van der Waals surface area contributed by atoms with Gasteiger partial charge in [-0.15, -0.1) is 0 Å². The molecule has 3 nitrogen and oxygen atoms in total. The van der Waals surface area contributed by atoms with Crippen molar-refractivity contribution in [2.75, 3.05) is 4.90 Å². The first kappa shape index (κ1) is 36.8. The van der Waals surface area contributed by atoms with Gasteiger partial charge in [0.25, 0.3) is 0 Å². The molecule has 3 heteroatoms. The van der Waals surface area contributed by atoms with Gasteiger partial charge in [0, 0.05) is 45.3 Å². The van der Waals surface area contributed by atoms with E-state index in [0.29, 0.717) is 0 Å². The number of aromatic nitrogens is 2. The SMILES string of the molecule is c1ccc(-c2ccc(N(c3ccc(-c4ccccc4)cc3)c3ccc(-c4ccc(-n5c(-c6ccccc6)c(-c6ccccc6)c6cnc7ccccc7c65)cc4)cc3)cc2)cc1. The lowest BCUT2D eigenvalue weighted by atomic mass is 9.98. The topological polar surface area (TPSA) is 21.1 Å². The van der Waals surface area contributed by atoms with E-state index < -0.39 is 0 Å². The smallest absolute Gasteiger partial charge is 0.0723 e. The minimum Gasteiger partial charge on any atom is -0.311 e. The highest BCUT2D eigenvalue weighted by molar-refractivity contribution is 6.14. The van der Waals surface area contributed by atoms with Crippen molar-refractivity contribution < 1.29 is 0 Å². The van der Waals surface area contributed by atoms with Crippen LogP contribution in [0.5, 0.6) is 0 Å². The van der Waals surface area contributed by atoms with Crippen molar-refractivity contribution >= 4 is 38.9 Å². The Hall–Kier alpha value is -8.27. The van der Waals surface area contributed by atoms with E-state index in [2.05, 4.69) is 258 Å². The molecule has 0 fully saturated rings. The second-order valence-electron chi connectivity index (χ2n) is 15.6. The monoisotopic (exact) mass is 791 g/mol. The number of para-hydroxylation sites is 1. The van der Waals surface area contributed by atoms with Gasteiger partial charge in [-0.1, -0.05) is 188 Å². The largest absolute Gasteiger partial charge is 0.311 e. The maximum absolute atomic E-state index is 4.96. The molecule has 0 bridgehead atoms. The Kier molecular flexibility index (Phi) is 9.53. The highest BCUT2D eigenvalue weighted by Crippen LogP contribution is 2.45. The second kappa shape index (κ2) is 16.1. The molecule has 0 radical (unpaired) electrons. The van der Waals surface area contributed by atoms with Crippen LogP contribution in [0.4, 0.5) is 17.1 Å². The Labute approximate surface area is 362 Å². The molecule has 0 atom stereocenters. The Morgan fingerprint density at radius 3 is 1.15 bits per heavy atom. The molecule has 11 rings (SSSR count). The van der Waals surface area contributed by atoms with Crippen molar-refractivity contribution in [3.05, 3.63) is 249 Å². The summed E-state index contributed by atoms with van der Waals surface area (Å²) >= 11 is 0. The van der Waals surface area contributed by atoms with E-state index in [1.54, 1.807) is 0 Å². The van der Waals surface area contributed by atoms with E-state index in [4.69, 9.17) is 4.98 Å². The number of nitrogens with zero attached hydrogens (tertiary/aromatic N) is 3. The molecule has 0 saturated heterocycles. The van der Waals surface area contributed by atoms with Crippen LogP contribution in [0.2, 0.25) is 0 Å². The minimum atomic E-state index is 0.975. The lowest BCUT2D eigenvalue weighted by Gasteiger charge is -2.26. The average Bonchev–Trinajstić information content (AvgIpc) is 3.72. The van der Waals surface area contributed by atoms with Crippen molar-refractivity contribution in [2.24, 2.45) is 0 Å². The van der Waals surface area contributed by atoms with Crippen LogP contribution in [0.3, 0.4) is 0 Å². The average molecular weight is 792 g/mol. The fourth-order valence-electron chi connectivity index (χ4n) is 8.85. The van der Waals surface area contributed by atoms with Crippen molar-refractivity contribution in [2.45, 2.75) is 0 Å². The predicted molar refractivity (Wildman–Crippen MR) is 260 cm³/mol. The summed E-state index contributed by atoms with van der Waals surface area (Å²) in [5.41, 5.74) is 18.2. The molecule has 0 aliphatic carbocycles. The van der Waals surface area contributed by atoms with Crippen LogP contribution in [0.15, 0.2) is 249 Å². The van der Waals surface area contributed by atoms with Crippen LogP contribution in [0.1, 0.15) is 0 Å². The summed E-state index contributed by atoms with van der Waals surface area (Å²) in [6.07, 6.45) is 2.05. The van der Waals surface area contributed by atoms with Gasteiger partial charge in [0.05, 0.1) is 16.7 Å². The zero-order chi connectivity index (χ0) is 41.2. The Bertz CT molecular complexity index is 3180. The number of rotatable bonds is 9. The highest BCUT2D eigenvalue weighted by Gasteiger charge is 2.23. The molecule has 62 heavy (non-hydrogen) atoms. The third-order valence-electron chi connectivity index (χ3n) is 11.9. The van der Waals surface area contributed by atoms with Gasteiger partial charge in [-0.3, -0.25) is 4.98 Å². The van der Waals surface area contributed by atoms with Crippen molar-refractivity contribution in [3.8, 4) is 61.5 Å². The van der Waals surface area contributed by atoms with Gasteiger partial charge in [0.2, 0.25) is 0 Å². The summed E-state index contributed by atoms with van der Waals surface area (Å²) in [6.45, 7) is 0. The lowest BCUT2D eigenvalue weighted by Crippen LogP contribution is -2.09. The molecule has 2 heterocycles. The van der Waals surface area contributed by atoms with E-state index in [0.717, 1.165) is 72.5 Å². The Morgan fingerprint density at radius 2 is 0.677 bits per heavy atom. The summed E-state index contributed by atoms with van der Waals surface area (Å²) in [5.74, 6) is 0.